The summed E-state index contributed by atoms with van der Waals surface area (Å²) in [7, 11) is 0. The minimum Gasteiger partial charge on any atom is -0.370 e. The van der Waals surface area contributed by atoms with Crippen LogP contribution in [0.4, 0.5) is 10.6 Å². The molecule has 0 saturated carbocycles. The summed E-state index contributed by atoms with van der Waals surface area (Å²) in [6.07, 6.45) is 6.73. The van der Waals surface area contributed by atoms with E-state index in [0.29, 0.717) is 35.8 Å². The van der Waals surface area contributed by atoms with Crippen molar-refractivity contribution in [1.82, 2.24) is 30.0 Å². The Morgan fingerprint density at radius 3 is 2.89 bits per heavy atom. The Morgan fingerprint density at radius 2 is 2.14 bits per heavy atom. The molecule has 3 aromatic rings. The summed E-state index contributed by atoms with van der Waals surface area (Å²) in [6.45, 7) is 4.24. The summed E-state index contributed by atoms with van der Waals surface area (Å²) in [5, 5.41) is 6.79. The number of hydrogen-bond acceptors (Lipinski definition) is 7. The fourth-order valence-electron chi connectivity index (χ4n) is 2.33. The number of nitrogens with zero attached hydrogens (tertiary/aromatic N) is 6. The van der Waals surface area contributed by atoms with Crippen LogP contribution in [0.5, 0.6) is 0 Å². The van der Waals surface area contributed by atoms with Crippen molar-refractivity contribution in [2.24, 2.45) is 5.73 Å². The zero-order chi connectivity index (χ0) is 20.1. The maximum Gasteiger partial charge on any atom is 0.333 e. The molecule has 3 rings (SSSR count). The highest BCUT2D eigenvalue weighted by Gasteiger charge is 2.14. The highest BCUT2D eigenvalue weighted by molar-refractivity contribution is 7.82. The second-order valence-electron chi connectivity index (χ2n) is 5.76. The highest BCUT2D eigenvalue weighted by Crippen LogP contribution is 2.21. The van der Waals surface area contributed by atoms with E-state index in [2.05, 4.69) is 44.8 Å². The summed E-state index contributed by atoms with van der Waals surface area (Å²) < 4.78 is 2.69. The number of rotatable bonds is 7. The minimum absolute atomic E-state index is 0.196. The molecular weight excluding hydrogens is 380 g/mol. The topological polar surface area (TPSA) is 132 Å². The molecule has 3 aromatic heterocycles. The Morgan fingerprint density at radius 1 is 1.32 bits per heavy atom. The largest absolute Gasteiger partial charge is 0.370 e. The fourth-order valence-corrected chi connectivity index (χ4v) is 2.51. The molecule has 0 spiro atoms. The molecule has 11 heteroatoms. The van der Waals surface area contributed by atoms with Crippen LogP contribution in [0.25, 0.3) is 22.4 Å². The van der Waals surface area contributed by atoms with Gasteiger partial charge in [-0.1, -0.05) is 18.9 Å². The molecule has 0 unspecified atom stereocenters. The zero-order valence-electron chi connectivity index (χ0n) is 14.8. The summed E-state index contributed by atoms with van der Waals surface area (Å²) in [5.74, 6) is -0.0892. The van der Waals surface area contributed by atoms with Crippen LogP contribution in [0.15, 0.2) is 43.4 Å². The first-order valence-corrected chi connectivity index (χ1v) is 8.70. The smallest absolute Gasteiger partial charge is 0.333 e. The molecule has 0 aromatic carbocycles. The Labute approximate surface area is 166 Å². The van der Waals surface area contributed by atoms with Gasteiger partial charge < -0.3 is 11.1 Å². The van der Waals surface area contributed by atoms with Crippen LogP contribution < -0.4 is 15.4 Å². The number of primary amides is 1. The molecule has 0 fully saturated rings. The van der Waals surface area contributed by atoms with Gasteiger partial charge >= 0.3 is 6.03 Å². The molecule has 3 amide bonds. The SMILES string of the molecule is C=CCNC(=O)N(S)c1ccc2ncc(-c3cnn(CCC(N)=O)c3)nc2n1. The number of carbonyl (C=O) groups is 2. The van der Waals surface area contributed by atoms with Gasteiger partial charge in [-0.05, 0) is 12.1 Å². The molecule has 0 bridgehead atoms. The number of fused-ring (bicyclic) bond motifs is 1. The average Bonchev–Trinajstić information content (AvgIpc) is 3.18. The molecule has 144 valence electrons. The number of urea groups is 1. The van der Waals surface area contributed by atoms with Crippen molar-refractivity contribution in [3.05, 3.63) is 43.4 Å². The van der Waals surface area contributed by atoms with Crippen molar-refractivity contribution in [2.75, 3.05) is 10.8 Å². The van der Waals surface area contributed by atoms with Crippen LogP contribution in [0.1, 0.15) is 6.42 Å². The molecule has 0 radical (unpaired) electrons. The van der Waals surface area contributed by atoms with E-state index in [1.807, 2.05) is 0 Å². The first-order valence-electron chi connectivity index (χ1n) is 8.30. The lowest BCUT2D eigenvalue weighted by molar-refractivity contribution is -0.118. The number of pyridine rings is 1. The van der Waals surface area contributed by atoms with Gasteiger partial charge in [0.1, 0.15) is 11.3 Å². The van der Waals surface area contributed by atoms with Crippen LogP contribution in [0, 0.1) is 0 Å². The molecular formula is C17H18N8O2S. The van der Waals surface area contributed by atoms with Gasteiger partial charge in [0.15, 0.2) is 5.65 Å². The van der Waals surface area contributed by atoms with E-state index in [1.54, 1.807) is 41.5 Å². The van der Waals surface area contributed by atoms with Crippen molar-refractivity contribution in [2.45, 2.75) is 13.0 Å². The second-order valence-corrected chi connectivity index (χ2v) is 6.16. The van der Waals surface area contributed by atoms with Gasteiger partial charge in [0.05, 0.1) is 18.1 Å². The molecule has 0 saturated heterocycles. The number of aromatic nitrogens is 5. The predicted molar refractivity (Wildman–Crippen MR) is 107 cm³/mol. The van der Waals surface area contributed by atoms with Crippen LogP contribution in [-0.4, -0.2) is 43.2 Å². The number of amides is 3. The number of nitrogens with one attached hydrogen (secondary N) is 1. The van der Waals surface area contributed by atoms with E-state index in [4.69, 9.17) is 5.73 Å². The van der Waals surface area contributed by atoms with Gasteiger partial charge in [-0.2, -0.15) is 5.10 Å². The van der Waals surface area contributed by atoms with E-state index in [1.165, 1.54) is 0 Å². The normalized spacial score (nSPS) is 10.6. The van der Waals surface area contributed by atoms with Gasteiger partial charge in [-0.25, -0.2) is 19.1 Å². The summed E-state index contributed by atoms with van der Waals surface area (Å²) >= 11 is 4.18. The number of thiol groups is 1. The Balaban J connectivity index is 1.85. The summed E-state index contributed by atoms with van der Waals surface area (Å²) in [4.78, 5) is 36.1. The maximum atomic E-state index is 12.0. The standard InChI is InChI=1S/C17H18N8O2S/c1-2-6-19-17(27)25(28)15-4-3-12-16(23-15)22-13(9-20-12)11-8-21-24(10-11)7-5-14(18)26/h2-4,8-10,28H,1,5-7H2,(H2,18,26)(H,19,27). The first kappa shape index (κ1) is 19.3. The van der Waals surface area contributed by atoms with Crippen molar-refractivity contribution in [1.29, 1.82) is 0 Å². The van der Waals surface area contributed by atoms with Gasteiger partial charge in [0.25, 0.3) is 0 Å². The Bertz CT molecular complexity index is 1030. The fraction of sp³-hybridized carbons (Fsp3) is 0.176. The van der Waals surface area contributed by atoms with Crippen molar-refractivity contribution in [3.63, 3.8) is 0 Å². The number of aryl methyl sites for hydroxylation is 1. The molecule has 3 N–H and O–H groups in total. The third-order valence-corrected chi connectivity index (χ3v) is 4.10. The van der Waals surface area contributed by atoms with E-state index in [9.17, 15) is 9.59 Å². The van der Waals surface area contributed by atoms with Crippen molar-refractivity contribution >= 4 is 41.7 Å². The lowest BCUT2D eigenvalue weighted by Gasteiger charge is -2.15. The van der Waals surface area contributed by atoms with Crippen molar-refractivity contribution < 1.29 is 9.59 Å². The van der Waals surface area contributed by atoms with E-state index in [-0.39, 0.29) is 6.42 Å². The maximum absolute atomic E-state index is 12.0. The predicted octanol–water partition coefficient (Wildman–Crippen LogP) is 1.31. The number of hydrogen-bond donors (Lipinski definition) is 3. The van der Waals surface area contributed by atoms with E-state index < -0.39 is 11.9 Å². The van der Waals surface area contributed by atoms with Gasteiger partial charge in [-0.3, -0.25) is 14.5 Å². The third-order valence-electron chi connectivity index (χ3n) is 3.72. The third kappa shape index (κ3) is 4.43. The summed E-state index contributed by atoms with van der Waals surface area (Å²) in [5.41, 5.74) is 7.36. The molecule has 0 aliphatic heterocycles. The quantitative estimate of drug-likeness (QED) is 0.406. The van der Waals surface area contributed by atoms with Crippen LogP contribution in [-0.2, 0) is 11.3 Å². The van der Waals surface area contributed by atoms with Gasteiger partial charge in [0, 0.05) is 31.3 Å². The zero-order valence-corrected chi connectivity index (χ0v) is 15.7. The lowest BCUT2D eigenvalue weighted by atomic mass is 10.2. The molecule has 0 atom stereocenters. The summed E-state index contributed by atoms with van der Waals surface area (Å²) in [6, 6.07) is 2.89. The lowest BCUT2D eigenvalue weighted by Crippen LogP contribution is -2.34. The van der Waals surface area contributed by atoms with Gasteiger partial charge in [0.2, 0.25) is 5.91 Å². The molecule has 10 nitrogen and oxygen atoms in total. The van der Waals surface area contributed by atoms with E-state index >= 15 is 0 Å². The minimum atomic E-state index is -0.435. The number of carbonyl (C=O) groups excluding carboxylic acids is 2. The molecule has 0 aliphatic rings. The van der Waals surface area contributed by atoms with E-state index in [0.717, 1.165) is 9.87 Å². The van der Waals surface area contributed by atoms with Crippen LogP contribution in [0.3, 0.4) is 0 Å². The Kier molecular flexibility index (Phi) is 5.84. The molecule has 0 aliphatic carbocycles. The second kappa shape index (κ2) is 8.48. The number of nitrogens with two attached hydrogens (primary N) is 1. The number of anilines is 1. The Hall–Kier alpha value is -3.47. The molecule has 28 heavy (non-hydrogen) atoms. The monoisotopic (exact) mass is 398 g/mol. The van der Waals surface area contributed by atoms with Crippen LogP contribution >= 0.6 is 12.8 Å². The van der Waals surface area contributed by atoms with Gasteiger partial charge in [-0.15, -0.1) is 6.58 Å². The average molecular weight is 398 g/mol. The molecule has 3 heterocycles. The first-order chi connectivity index (χ1) is 13.5. The van der Waals surface area contributed by atoms with Crippen LogP contribution in [0.2, 0.25) is 0 Å². The van der Waals surface area contributed by atoms with Crippen molar-refractivity contribution in [3.8, 4) is 11.3 Å². The highest BCUT2D eigenvalue weighted by atomic mass is 32.1.